The summed E-state index contributed by atoms with van der Waals surface area (Å²) in [4.78, 5) is 44.0. The van der Waals surface area contributed by atoms with E-state index in [0.717, 1.165) is 35.4 Å². The number of sulfone groups is 1. The fourth-order valence-electron chi connectivity index (χ4n) is 8.51. The van der Waals surface area contributed by atoms with E-state index in [1.54, 1.807) is 0 Å². The van der Waals surface area contributed by atoms with E-state index >= 15 is 8.78 Å². The second kappa shape index (κ2) is 20.1. The predicted molar refractivity (Wildman–Crippen MR) is 242 cm³/mol. The number of nitrogens with zero attached hydrogens (tertiary/aromatic N) is 7. The minimum absolute atomic E-state index is 0.183. The molecule has 3 heterocycles. The van der Waals surface area contributed by atoms with E-state index < -0.39 is 158 Å². The second-order valence-electron chi connectivity index (χ2n) is 18.1. The molecule has 4 atom stereocenters. The summed E-state index contributed by atoms with van der Waals surface area (Å²) < 4.78 is 196. The third-order valence-electron chi connectivity index (χ3n) is 12.4. The molecule has 0 radical (unpaired) electrons. The van der Waals surface area contributed by atoms with Gasteiger partial charge in [-0.2, -0.15) is 45.3 Å². The average molecular weight is 1110 g/mol. The smallest absolute Gasteiger partial charge is 0.435 e. The fraction of sp³-hybridized carbons (Fsp3) is 0.422. The van der Waals surface area contributed by atoms with Gasteiger partial charge >= 0.3 is 18.4 Å². The summed E-state index contributed by atoms with van der Waals surface area (Å²) >= 11 is 3.23. The molecule has 0 aliphatic heterocycles. The standard InChI is InChI=1S/C45H41ClF10N8O8S2/c1-42(2,74(4,71)72)12-11-25-7-8-26(27-9-10-30(46)36-32(59-63(38(27)36)21-43(49,50)51)19-64(73(69)70)34(66)6-5-13-61(3)41(67)68)37(57-25)31(16-22-14-23(47)17-24(48)15-22)58-33(65)20-62-40-35(39(60-62)45(54,55)56)28-18-29(28)44(40,52)53/h7-10,14-15,17,28-29,31H,5-6,13,16,18-21H2,1-4H3,(H,58,65)(H,67,68)(H,69,70)/p-1/t28-,29+,31?/m0/s1. The zero-order valence-corrected chi connectivity index (χ0v) is 41.2. The molecule has 398 valence electrons. The Kier molecular flexibility index (Phi) is 15.1. The highest BCUT2D eigenvalue weighted by Crippen LogP contribution is 2.68. The zero-order valence-electron chi connectivity index (χ0n) is 38.8. The number of rotatable bonds is 16. The molecule has 29 heteroatoms. The number of nitrogens with one attached hydrogen (secondary N) is 1. The first kappa shape index (κ1) is 55.4. The fourth-order valence-corrected chi connectivity index (χ4v) is 9.49. The Morgan fingerprint density at radius 2 is 1.68 bits per heavy atom. The molecule has 1 saturated carbocycles. The van der Waals surface area contributed by atoms with Gasteiger partial charge in [0, 0.05) is 60.3 Å². The number of fused-ring (bicyclic) bond motifs is 4. The summed E-state index contributed by atoms with van der Waals surface area (Å²) in [6.45, 7) is -1.96. The van der Waals surface area contributed by atoms with Gasteiger partial charge < -0.3 is 19.9 Å². The van der Waals surface area contributed by atoms with Gasteiger partial charge in [0.2, 0.25) is 11.8 Å². The summed E-state index contributed by atoms with van der Waals surface area (Å²) in [5.41, 5.74) is -6.11. The van der Waals surface area contributed by atoms with Crippen LogP contribution in [0.25, 0.3) is 22.0 Å². The van der Waals surface area contributed by atoms with Crippen molar-refractivity contribution in [1.29, 1.82) is 0 Å². The molecule has 0 bridgehead atoms. The van der Waals surface area contributed by atoms with Gasteiger partial charge in [-0.15, -0.1) is 0 Å². The van der Waals surface area contributed by atoms with Crippen LogP contribution in [0.1, 0.15) is 84.7 Å². The minimum atomic E-state index is -5.22. The van der Waals surface area contributed by atoms with Crippen molar-refractivity contribution in [2.45, 2.75) is 94.1 Å². The number of aromatic nitrogens is 5. The quantitative estimate of drug-likeness (QED) is 0.0553. The molecule has 0 spiro atoms. The lowest BCUT2D eigenvalue weighted by atomic mass is 9.93. The molecular formula is C45H40ClF10N8O8S2-. The van der Waals surface area contributed by atoms with Gasteiger partial charge in [0.15, 0.2) is 15.5 Å². The highest BCUT2D eigenvalue weighted by atomic mass is 35.5. The highest BCUT2D eigenvalue weighted by molar-refractivity contribution is 7.92. The number of alkyl halides is 8. The van der Waals surface area contributed by atoms with Gasteiger partial charge in [-0.05, 0) is 80.8 Å². The normalized spacial score (nSPS) is 17.0. The van der Waals surface area contributed by atoms with Gasteiger partial charge in [-0.1, -0.05) is 23.6 Å². The summed E-state index contributed by atoms with van der Waals surface area (Å²) in [6.07, 6.45) is -12.5. The van der Waals surface area contributed by atoms with Crippen molar-refractivity contribution < 1.29 is 80.6 Å². The van der Waals surface area contributed by atoms with Crippen molar-refractivity contribution in [3.8, 4) is 23.0 Å². The summed E-state index contributed by atoms with van der Waals surface area (Å²) in [5.74, 6) is -6.16. The first-order valence-electron chi connectivity index (χ1n) is 21.8. The van der Waals surface area contributed by atoms with Gasteiger partial charge in [0.1, 0.15) is 40.9 Å². The topological polar surface area (TPSA) is 213 Å². The van der Waals surface area contributed by atoms with E-state index in [-0.39, 0.29) is 61.2 Å². The van der Waals surface area contributed by atoms with E-state index in [9.17, 15) is 66.7 Å². The van der Waals surface area contributed by atoms with Crippen LogP contribution in [0.5, 0.6) is 0 Å². The second-order valence-corrected chi connectivity index (χ2v) is 21.9. The molecule has 7 rings (SSSR count). The molecule has 2 N–H and O–H groups in total. The number of carboxylic acid groups (broad SMARTS) is 1. The van der Waals surface area contributed by atoms with Crippen LogP contribution >= 0.6 is 11.6 Å². The SMILES string of the molecule is CN(CCCC(=O)N(Cc1nn(CC(F)(F)F)c2c(-c3ccc(C#CC(C)(C)S(C)(=O)=O)nc3C(Cc3cc(F)cc(F)c3)NC(=O)Cn3nc(C(F)(F)F)c4c3C(F)(F)[C@@H]3C[C@H]43)ccc(Cl)c12)S(=O)[O-])C(=O)O. The third-order valence-corrected chi connectivity index (χ3v) is 15.3. The zero-order chi connectivity index (χ0) is 54.8. The molecular weight excluding hydrogens is 1070 g/mol. The van der Waals surface area contributed by atoms with Gasteiger partial charge in [0.25, 0.3) is 5.92 Å². The molecule has 0 saturated heterocycles. The molecule has 3 aromatic heterocycles. The Bertz CT molecular complexity index is 3280. The number of benzene rings is 2. The number of amides is 3. The number of carbonyl (C=O) groups is 3. The van der Waals surface area contributed by atoms with Crippen molar-refractivity contribution in [3.05, 3.63) is 98.7 Å². The molecule has 2 aliphatic rings. The first-order valence-corrected chi connectivity index (χ1v) is 25.1. The van der Waals surface area contributed by atoms with Crippen LogP contribution in [-0.4, -0.2) is 105 Å². The molecule has 2 unspecified atom stereocenters. The summed E-state index contributed by atoms with van der Waals surface area (Å²) in [6, 6.07) is 4.96. The van der Waals surface area contributed by atoms with Crippen LogP contribution in [0.4, 0.5) is 48.7 Å². The lowest BCUT2D eigenvalue weighted by Crippen LogP contribution is -2.35. The number of halogens is 11. The van der Waals surface area contributed by atoms with E-state index in [1.807, 2.05) is 0 Å². The van der Waals surface area contributed by atoms with Crippen molar-refractivity contribution >= 4 is 61.5 Å². The van der Waals surface area contributed by atoms with Gasteiger partial charge in [0.05, 0.1) is 45.8 Å². The van der Waals surface area contributed by atoms with E-state index in [0.29, 0.717) is 10.7 Å². The lowest BCUT2D eigenvalue weighted by Gasteiger charge is -2.24. The van der Waals surface area contributed by atoms with Crippen LogP contribution in [0.2, 0.25) is 5.02 Å². The Balaban J connectivity index is 1.42. The van der Waals surface area contributed by atoms with E-state index in [1.165, 1.54) is 33.0 Å². The first-order chi connectivity index (χ1) is 34.2. The maximum atomic E-state index is 15.6. The number of hydrogen-bond donors (Lipinski definition) is 2. The summed E-state index contributed by atoms with van der Waals surface area (Å²) in [5, 5.41) is 18.3. The number of hydrogen-bond acceptors (Lipinski definition) is 10. The molecule has 3 amide bonds. The largest absolute Gasteiger partial charge is 0.755 e. The maximum Gasteiger partial charge on any atom is 0.435 e. The van der Waals surface area contributed by atoms with E-state index in [2.05, 4.69) is 32.3 Å². The van der Waals surface area contributed by atoms with Crippen molar-refractivity contribution in [1.82, 2.24) is 39.1 Å². The number of pyridine rings is 1. The van der Waals surface area contributed by atoms with E-state index in [4.69, 9.17) is 16.7 Å². The Hall–Kier alpha value is -6.31. The van der Waals surface area contributed by atoms with Gasteiger partial charge in [-0.3, -0.25) is 27.5 Å². The van der Waals surface area contributed by atoms with Crippen LogP contribution in [0, 0.1) is 29.4 Å². The Morgan fingerprint density at radius 3 is 2.27 bits per heavy atom. The van der Waals surface area contributed by atoms with Crippen LogP contribution < -0.4 is 5.32 Å². The molecule has 1 fully saturated rings. The minimum Gasteiger partial charge on any atom is -0.755 e. The van der Waals surface area contributed by atoms with Crippen LogP contribution in [-0.2, 0) is 68.8 Å². The monoisotopic (exact) mass is 1110 g/mol. The molecule has 74 heavy (non-hydrogen) atoms. The maximum absolute atomic E-state index is 15.6. The van der Waals surface area contributed by atoms with Crippen molar-refractivity contribution in [3.63, 3.8) is 0 Å². The van der Waals surface area contributed by atoms with Gasteiger partial charge in [-0.25, -0.2) is 27.0 Å². The third kappa shape index (κ3) is 11.6. The van der Waals surface area contributed by atoms with Crippen LogP contribution in [0.3, 0.4) is 0 Å². The highest BCUT2D eigenvalue weighted by Gasteiger charge is 2.68. The lowest BCUT2D eigenvalue weighted by molar-refractivity contribution is -0.143. The molecule has 5 aromatic rings. The Labute approximate surface area is 421 Å². The van der Waals surface area contributed by atoms with Crippen molar-refractivity contribution in [2.24, 2.45) is 5.92 Å². The molecule has 2 aromatic carbocycles. The Morgan fingerprint density at radius 1 is 1.03 bits per heavy atom. The average Bonchev–Trinajstić information content (AvgIpc) is 3.78. The molecule has 2 aliphatic carbocycles. The summed E-state index contributed by atoms with van der Waals surface area (Å²) in [7, 11) is -2.72. The predicted octanol–water partition coefficient (Wildman–Crippen LogP) is 7.80. The van der Waals surface area contributed by atoms with Crippen LogP contribution in [0.15, 0.2) is 42.5 Å². The number of carbonyl (C=O) groups excluding carboxylic acids is 2. The molecule has 16 nitrogen and oxygen atoms in total. The van der Waals surface area contributed by atoms with Crippen molar-refractivity contribution in [2.75, 3.05) is 19.8 Å².